The maximum atomic E-state index is 12.0. The van der Waals surface area contributed by atoms with Gasteiger partial charge in [0.15, 0.2) is 5.78 Å². The smallest absolute Gasteiger partial charge is 0.179 e. The lowest BCUT2D eigenvalue weighted by atomic mass is 9.87. The van der Waals surface area contributed by atoms with Crippen LogP contribution in [0.4, 0.5) is 0 Å². The summed E-state index contributed by atoms with van der Waals surface area (Å²) in [4.78, 5) is 12.0. The van der Waals surface area contributed by atoms with Crippen LogP contribution >= 0.6 is 11.6 Å². The number of hydrogen-bond acceptors (Lipinski definition) is 1. The van der Waals surface area contributed by atoms with Crippen LogP contribution in [0.15, 0.2) is 30.3 Å². The van der Waals surface area contributed by atoms with Gasteiger partial charge < -0.3 is 4.57 Å². The first kappa shape index (κ1) is 14.4. The Labute approximate surface area is 130 Å². The first-order valence-electron chi connectivity index (χ1n) is 7.49. The van der Waals surface area contributed by atoms with Gasteiger partial charge in [-0.1, -0.05) is 24.3 Å². The summed E-state index contributed by atoms with van der Waals surface area (Å²) in [5, 5.41) is 0. The minimum Gasteiger partial charge on any atom is -0.341 e. The van der Waals surface area contributed by atoms with Gasteiger partial charge in [-0.05, 0) is 50.3 Å². The molecular weight excluding hydrogens is 282 g/mol. The van der Waals surface area contributed by atoms with E-state index in [0.717, 1.165) is 29.8 Å². The Hall–Kier alpha value is -1.54. The highest BCUT2D eigenvalue weighted by molar-refractivity contribution is 6.30. The third-order valence-corrected chi connectivity index (χ3v) is 4.80. The van der Waals surface area contributed by atoms with Crippen LogP contribution in [0.1, 0.15) is 51.8 Å². The van der Waals surface area contributed by atoms with Gasteiger partial charge in [0.2, 0.25) is 0 Å². The highest BCUT2D eigenvalue weighted by atomic mass is 35.5. The molecule has 0 bridgehead atoms. The third-order valence-electron chi connectivity index (χ3n) is 4.56. The van der Waals surface area contributed by atoms with Gasteiger partial charge in [-0.3, -0.25) is 4.79 Å². The van der Waals surface area contributed by atoms with Crippen molar-refractivity contribution in [1.82, 2.24) is 4.57 Å². The molecule has 21 heavy (non-hydrogen) atoms. The number of fused-ring (bicyclic) bond motifs is 1. The van der Waals surface area contributed by atoms with E-state index in [2.05, 4.69) is 35.8 Å². The van der Waals surface area contributed by atoms with Crippen LogP contribution in [-0.2, 0) is 6.42 Å². The van der Waals surface area contributed by atoms with Gasteiger partial charge in [0.05, 0.1) is 11.9 Å². The lowest BCUT2D eigenvalue weighted by molar-refractivity contribution is 0.102. The summed E-state index contributed by atoms with van der Waals surface area (Å²) in [5.41, 5.74) is 5.79. The van der Waals surface area contributed by atoms with Crippen LogP contribution in [0, 0.1) is 13.8 Å². The molecule has 1 aliphatic rings. The summed E-state index contributed by atoms with van der Waals surface area (Å²) in [6.07, 6.45) is 3.47. The van der Waals surface area contributed by atoms with Crippen molar-refractivity contribution in [2.75, 3.05) is 5.88 Å². The van der Waals surface area contributed by atoms with Gasteiger partial charge in [-0.15, -0.1) is 11.6 Å². The summed E-state index contributed by atoms with van der Waals surface area (Å²) in [6, 6.07) is 11.0. The molecule has 0 aliphatic heterocycles. The number of nitrogens with zero attached hydrogens (tertiary/aromatic N) is 1. The molecule has 110 valence electrons. The highest BCUT2D eigenvalue weighted by Gasteiger charge is 2.25. The zero-order valence-corrected chi connectivity index (χ0v) is 13.3. The van der Waals surface area contributed by atoms with E-state index in [0.29, 0.717) is 6.04 Å². The Balaban J connectivity index is 2.10. The Morgan fingerprint density at radius 3 is 2.86 bits per heavy atom. The summed E-state index contributed by atoms with van der Waals surface area (Å²) in [6.45, 7) is 4.11. The first-order valence-corrected chi connectivity index (χ1v) is 8.02. The molecule has 1 unspecified atom stereocenters. The van der Waals surface area contributed by atoms with Crippen LogP contribution < -0.4 is 0 Å². The molecule has 0 N–H and O–H groups in total. The zero-order chi connectivity index (χ0) is 15.0. The molecule has 1 atom stereocenters. The van der Waals surface area contributed by atoms with Crippen LogP contribution in [-0.4, -0.2) is 16.2 Å². The Morgan fingerprint density at radius 2 is 2.10 bits per heavy atom. The van der Waals surface area contributed by atoms with Gasteiger partial charge in [0.25, 0.3) is 0 Å². The molecule has 0 saturated carbocycles. The summed E-state index contributed by atoms with van der Waals surface area (Å²) in [5.74, 6) is 0.0612. The number of rotatable bonds is 3. The van der Waals surface area contributed by atoms with E-state index in [1.165, 1.54) is 17.5 Å². The largest absolute Gasteiger partial charge is 0.341 e. The van der Waals surface area contributed by atoms with Crippen molar-refractivity contribution in [3.8, 4) is 0 Å². The molecule has 1 aromatic carbocycles. The molecule has 1 heterocycles. The topological polar surface area (TPSA) is 22.0 Å². The first-order chi connectivity index (χ1) is 10.1. The van der Waals surface area contributed by atoms with Gasteiger partial charge in [-0.25, -0.2) is 0 Å². The normalized spacial score (nSPS) is 17.6. The fourth-order valence-electron chi connectivity index (χ4n) is 3.61. The Morgan fingerprint density at radius 1 is 1.33 bits per heavy atom. The van der Waals surface area contributed by atoms with Crippen LogP contribution in [0.3, 0.4) is 0 Å². The second-order valence-corrected chi connectivity index (χ2v) is 6.09. The number of benzene rings is 1. The number of alkyl halides is 1. The van der Waals surface area contributed by atoms with Gasteiger partial charge in [-0.2, -0.15) is 0 Å². The Bertz CT molecular complexity index is 687. The van der Waals surface area contributed by atoms with Crippen molar-refractivity contribution in [3.63, 3.8) is 0 Å². The average Bonchev–Trinajstić information content (AvgIpc) is 2.81. The fourth-order valence-corrected chi connectivity index (χ4v) is 3.75. The number of halogens is 1. The van der Waals surface area contributed by atoms with Crippen molar-refractivity contribution in [2.45, 2.75) is 39.2 Å². The average molecular weight is 302 g/mol. The highest BCUT2D eigenvalue weighted by Crippen LogP contribution is 2.35. The second-order valence-electron chi connectivity index (χ2n) is 5.82. The van der Waals surface area contributed by atoms with E-state index in [9.17, 15) is 4.79 Å². The molecular formula is C18H20ClNO. The predicted octanol–water partition coefficient (Wildman–Crippen LogP) is 4.45. The lowest BCUT2D eigenvalue weighted by Gasteiger charge is -2.29. The molecule has 0 radical (unpaired) electrons. The molecule has 1 aromatic heterocycles. The molecule has 1 aliphatic carbocycles. The summed E-state index contributed by atoms with van der Waals surface area (Å²) < 4.78 is 2.32. The monoisotopic (exact) mass is 301 g/mol. The number of aromatic nitrogens is 1. The van der Waals surface area contributed by atoms with E-state index in [1.807, 2.05) is 13.0 Å². The third kappa shape index (κ3) is 2.42. The minimum atomic E-state index is 0.0140. The van der Waals surface area contributed by atoms with Crippen LogP contribution in [0.2, 0.25) is 0 Å². The van der Waals surface area contributed by atoms with E-state index in [1.54, 1.807) is 0 Å². The SMILES string of the molecule is Cc1cc(C(=O)CCl)c(C)n1C1CCCc2ccccc21. The quantitative estimate of drug-likeness (QED) is 0.606. The Kier molecular flexibility index (Phi) is 3.90. The zero-order valence-electron chi connectivity index (χ0n) is 12.5. The molecule has 3 rings (SSSR count). The maximum absolute atomic E-state index is 12.0. The standard InChI is InChI=1S/C18H20ClNO/c1-12-10-16(18(21)11-19)13(2)20(12)17-9-5-7-14-6-3-4-8-15(14)17/h3-4,6,8,10,17H,5,7,9,11H2,1-2H3. The fraction of sp³-hybridized carbons (Fsp3) is 0.389. The van der Waals surface area contributed by atoms with Crippen molar-refractivity contribution >= 4 is 17.4 Å². The molecule has 0 fully saturated rings. The van der Waals surface area contributed by atoms with E-state index >= 15 is 0 Å². The van der Waals surface area contributed by atoms with Gasteiger partial charge >= 0.3 is 0 Å². The van der Waals surface area contributed by atoms with Crippen LogP contribution in [0.25, 0.3) is 0 Å². The molecule has 0 amide bonds. The van der Waals surface area contributed by atoms with Crippen molar-refractivity contribution in [2.24, 2.45) is 0 Å². The van der Waals surface area contributed by atoms with Gasteiger partial charge in [0.1, 0.15) is 0 Å². The van der Waals surface area contributed by atoms with Crippen molar-refractivity contribution < 1.29 is 4.79 Å². The molecule has 2 aromatic rings. The van der Waals surface area contributed by atoms with Gasteiger partial charge in [0, 0.05) is 17.0 Å². The van der Waals surface area contributed by atoms with Crippen molar-refractivity contribution in [1.29, 1.82) is 0 Å². The number of ketones is 1. The minimum absolute atomic E-state index is 0.0140. The maximum Gasteiger partial charge on any atom is 0.179 e. The summed E-state index contributed by atoms with van der Waals surface area (Å²) in [7, 11) is 0. The van der Waals surface area contributed by atoms with E-state index in [4.69, 9.17) is 11.6 Å². The number of aryl methyl sites for hydroxylation is 2. The molecule has 0 saturated heterocycles. The number of carbonyl (C=O) groups excluding carboxylic acids is 1. The summed E-state index contributed by atoms with van der Waals surface area (Å²) >= 11 is 5.73. The number of Topliss-reactive ketones (excluding diaryl/α,β-unsaturated/α-hetero) is 1. The van der Waals surface area contributed by atoms with Crippen LogP contribution in [0.5, 0.6) is 0 Å². The van der Waals surface area contributed by atoms with E-state index in [-0.39, 0.29) is 11.7 Å². The molecule has 2 nitrogen and oxygen atoms in total. The second kappa shape index (κ2) is 5.69. The lowest BCUT2D eigenvalue weighted by Crippen LogP contribution is -2.19. The number of carbonyl (C=O) groups is 1. The number of hydrogen-bond donors (Lipinski definition) is 0. The molecule has 3 heteroatoms. The predicted molar refractivity (Wildman–Crippen MR) is 86.5 cm³/mol. The molecule has 0 spiro atoms. The van der Waals surface area contributed by atoms with Crippen molar-refractivity contribution in [3.05, 3.63) is 58.4 Å². The van der Waals surface area contributed by atoms with E-state index < -0.39 is 0 Å².